The van der Waals surface area contributed by atoms with Gasteiger partial charge in [0, 0.05) is 10.2 Å². The van der Waals surface area contributed by atoms with Gasteiger partial charge in [-0.3, -0.25) is 0 Å². The van der Waals surface area contributed by atoms with Gasteiger partial charge >= 0.3 is 0 Å². The van der Waals surface area contributed by atoms with Crippen molar-refractivity contribution in [2.45, 2.75) is 11.8 Å². The Morgan fingerprint density at radius 1 is 1.28 bits per heavy atom. The zero-order valence-electron chi connectivity index (χ0n) is 9.51. The summed E-state index contributed by atoms with van der Waals surface area (Å²) in [4.78, 5) is 0. The van der Waals surface area contributed by atoms with Gasteiger partial charge in [0.25, 0.3) is 5.22 Å². The van der Waals surface area contributed by atoms with Crippen LogP contribution in [0.15, 0.2) is 38.4 Å². The molecule has 1 aromatic carbocycles. The Morgan fingerprint density at radius 3 is 2.72 bits per heavy atom. The number of halogens is 1. The van der Waals surface area contributed by atoms with Crippen LogP contribution in [0.1, 0.15) is 5.89 Å². The Hall–Kier alpha value is -1.05. The van der Waals surface area contributed by atoms with E-state index in [1.807, 2.05) is 24.3 Å². The number of hydrogen-bond donors (Lipinski definition) is 1. The molecule has 5 nitrogen and oxygen atoms in total. The summed E-state index contributed by atoms with van der Waals surface area (Å²) in [5, 5.41) is 8.14. The Kier molecular flexibility index (Phi) is 5.03. The maximum atomic E-state index is 5.56. The van der Waals surface area contributed by atoms with Crippen LogP contribution in [0.2, 0.25) is 0 Å². The lowest BCUT2D eigenvalue weighted by Crippen LogP contribution is -1.99. The molecule has 0 bridgehead atoms. The third kappa shape index (κ3) is 4.01. The lowest BCUT2D eigenvalue weighted by atomic mass is 10.3. The summed E-state index contributed by atoms with van der Waals surface area (Å²) in [5.74, 6) is 2.03. The smallest absolute Gasteiger partial charge is 0.276 e. The monoisotopic (exact) mass is 329 g/mol. The molecule has 18 heavy (non-hydrogen) atoms. The molecule has 0 spiro atoms. The molecule has 96 valence electrons. The number of aromatic nitrogens is 2. The van der Waals surface area contributed by atoms with Gasteiger partial charge in [0.1, 0.15) is 5.75 Å². The van der Waals surface area contributed by atoms with Crippen LogP contribution >= 0.6 is 27.7 Å². The van der Waals surface area contributed by atoms with Crippen LogP contribution in [-0.4, -0.2) is 22.6 Å². The molecule has 0 atom stereocenters. The predicted octanol–water partition coefficient (Wildman–Crippen LogP) is 2.46. The van der Waals surface area contributed by atoms with Crippen LogP contribution in [0.25, 0.3) is 0 Å². The van der Waals surface area contributed by atoms with Crippen molar-refractivity contribution >= 4 is 27.7 Å². The molecule has 2 rings (SSSR count). The molecule has 0 radical (unpaired) electrons. The molecule has 1 aromatic heterocycles. The van der Waals surface area contributed by atoms with Crippen molar-refractivity contribution in [1.82, 2.24) is 10.2 Å². The molecule has 0 fully saturated rings. The lowest BCUT2D eigenvalue weighted by molar-refractivity contribution is 0.342. The van der Waals surface area contributed by atoms with Crippen LogP contribution < -0.4 is 10.5 Å². The molecule has 0 aliphatic rings. The molecular formula is C11H12BrN3O2S. The number of rotatable bonds is 6. The zero-order valence-corrected chi connectivity index (χ0v) is 11.9. The summed E-state index contributed by atoms with van der Waals surface area (Å²) < 4.78 is 11.8. The molecule has 0 saturated heterocycles. The standard InChI is InChI=1S/C11H12BrN3O2S/c12-8-1-3-9(4-2-8)16-5-6-18-11-15-14-10(7-13)17-11/h1-4H,5-7,13H2. The average molecular weight is 330 g/mol. The molecule has 0 aliphatic carbocycles. The Balaban J connectivity index is 1.71. The number of thioether (sulfide) groups is 1. The van der Waals surface area contributed by atoms with E-state index >= 15 is 0 Å². The third-order valence-corrected chi connectivity index (χ3v) is 3.33. The van der Waals surface area contributed by atoms with Gasteiger partial charge in [0.05, 0.1) is 13.2 Å². The van der Waals surface area contributed by atoms with E-state index in [9.17, 15) is 0 Å². The quantitative estimate of drug-likeness (QED) is 0.648. The van der Waals surface area contributed by atoms with Crippen molar-refractivity contribution in [3.8, 4) is 5.75 Å². The summed E-state index contributed by atoms with van der Waals surface area (Å²) in [6.07, 6.45) is 0. The van der Waals surface area contributed by atoms with Crippen molar-refractivity contribution in [2.24, 2.45) is 5.73 Å². The summed E-state index contributed by atoms with van der Waals surface area (Å²) in [6.45, 7) is 0.843. The fraction of sp³-hybridized carbons (Fsp3) is 0.273. The summed E-state index contributed by atoms with van der Waals surface area (Å²) >= 11 is 4.82. The van der Waals surface area contributed by atoms with Crippen LogP contribution in [0.3, 0.4) is 0 Å². The highest BCUT2D eigenvalue weighted by Gasteiger charge is 2.04. The van der Waals surface area contributed by atoms with Gasteiger partial charge in [-0.05, 0) is 24.3 Å². The van der Waals surface area contributed by atoms with Gasteiger partial charge in [-0.15, -0.1) is 10.2 Å². The highest BCUT2D eigenvalue weighted by Crippen LogP contribution is 2.18. The molecule has 0 saturated carbocycles. The van der Waals surface area contributed by atoms with E-state index in [1.165, 1.54) is 11.8 Å². The van der Waals surface area contributed by atoms with Crippen molar-refractivity contribution in [2.75, 3.05) is 12.4 Å². The van der Waals surface area contributed by atoms with Crippen LogP contribution in [0.5, 0.6) is 5.75 Å². The predicted molar refractivity (Wildman–Crippen MR) is 72.6 cm³/mol. The second-order valence-corrected chi connectivity index (χ2v) is 5.28. The molecule has 2 aromatic rings. The van der Waals surface area contributed by atoms with Gasteiger partial charge in [-0.1, -0.05) is 27.7 Å². The minimum Gasteiger partial charge on any atom is -0.493 e. The SMILES string of the molecule is NCc1nnc(SCCOc2ccc(Br)cc2)o1. The van der Waals surface area contributed by atoms with Crippen molar-refractivity contribution in [3.63, 3.8) is 0 Å². The number of nitrogens with two attached hydrogens (primary N) is 1. The molecular weight excluding hydrogens is 318 g/mol. The van der Waals surface area contributed by atoms with Gasteiger partial charge in [-0.2, -0.15) is 0 Å². The molecule has 1 heterocycles. The average Bonchev–Trinajstić information content (AvgIpc) is 2.85. The number of hydrogen-bond acceptors (Lipinski definition) is 6. The first-order chi connectivity index (χ1) is 8.78. The van der Waals surface area contributed by atoms with Crippen molar-refractivity contribution < 1.29 is 9.15 Å². The highest BCUT2D eigenvalue weighted by atomic mass is 79.9. The van der Waals surface area contributed by atoms with E-state index in [0.29, 0.717) is 17.7 Å². The number of ether oxygens (including phenoxy) is 1. The normalized spacial score (nSPS) is 10.6. The molecule has 7 heteroatoms. The summed E-state index contributed by atoms with van der Waals surface area (Å²) in [6, 6.07) is 7.70. The second kappa shape index (κ2) is 6.77. The summed E-state index contributed by atoms with van der Waals surface area (Å²) in [5.41, 5.74) is 5.37. The topological polar surface area (TPSA) is 74.2 Å². The Labute approximate surface area is 117 Å². The first-order valence-corrected chi connectivity index (χ1v) is 7.09. The zero-order chi connectivity index (χ0) is 12.8. The Bertz CT molecular complexity index is 489. The minimum atomic E-state index is 0.267. The highest BCUT2D eigenvalue weighted by molar-refractivity contribution is 9.10. The molecule has 0 aliphatic heterocycles. The maximum Gasteiger partial charge on any atom is 0.276 e. The van der Waals surface area contributed by atoms with E-state index in [2.05, 4.69) is 26.1 Å². The van der Waals surface area contributed by atoms with Crippen molar-refractivity contribution in [1.29, 1.82) is 0 Å². The first kappa shape index (κ1) is 13.4. The van der Waals surface area contributed by atoms with Crippen LogP contribution in [-0.2, 0) is 6.54 Å². The first-order valence-electron chi connectivity index (χ1n) is 5.31. The van der Waals surface area contributed by atoms with E-state index in [4.69, 9.17) is 14.9 Å². The van der Waals surface area contributed by atoms with E-state index < -0.39 is 0 Å². The lowest BCUT2D eigenvalue weighted by Gasteiger charge is -2.04. The molecule has 0 unspecified atom stereocenters. The van der Waals surface area contributed by atoms with E-state index in [0.717, 1.165) is 16.0 Å². The fourth-order valence-corrected chi connectivity index (χ4v) is 2.06. The number of benzene rings is 1. The maximum absolute atomic E-state index is 5.56. The largest absolute Gasteiger partial charge is 0.493 e. The molecule has 0 amide bonds. The second-order valence-electron chi connectivity index (χ2n) is 3.32. The van der Waals surface area contributed by atoms with E-state index in [-0.39, 0.29) is 6.54 Å². The van der Waals surface area contributed by atoms with Gasteiger partial charge in [0.2, 0.25) is 5.89 Å². The Morgan fingerprint density at radius 2 is 2.06 bits per heavy atom. The minimum absolute atomic E-state index is 0.267. The van der Waals surface area contributed by atoms with Crippen molar-refractivity contribution in [3.05, 3.63) is 34.6 Å². The van der Waals surface area contributed by atoms with E-state index in [1.54, 1.807) is 0 Å². The van der Waals surface area contributed by atoms with Crippen LogP contribution in [0, 0.1) is 0 Å². The fourth-order valence-electron chi connectivity index (χ4n) is 1.20. The van der Waals surface area contributed by atoms with Gasteiger partial charge in [-0.25, -0.2) is 0 Å². The third-order valence-electron chi connectivity index (χ3n) is 2.01. The summed E-state index contributed by atoms with van der Waals surface area (Å²) in [7, 11) is 0. The number of nitrogens with zero attached hydrogens (tertiary/aromatic N) is 2. The molecule has 2 N–H and O–H groups in total. The van der Waals surface area contributed by atoms with Gasteiger partial charge < -0.3 is 14.9 Å². The van der Waals surface area contributed by atoms with Crippen LogP contribution in [0.4, 0.5) is 0 Å². The van der Waals surface area contributed by atoms with Gasteiger partial charge in [0.15, 0.2) is 0 Å².